The number of methoxy groups -OCH3 is 1. The van der Waals surface area contributed by atoms with Gasteiger partial charge < -0.3 is 19.3 Å². The van der Waals surface area contributed by atoms with Gasteiger partial charge in [-0.3, -0.25) is 0 Å². The number of hydrogen-bond acceptors (Lipinski definition) is 4. The Morgan fingerprint density at radius 2 is 1.79 bits per heavy atom. The summed E-state index contributed by atoms with van der Waals surface area (Å²) in [6.45, 7) is 5.49. The van der Waals surface area contributed by atoms with E-state index in [1.807, 2.05) is 30.9 Å². The van der Waals surface area contributed by atoms with Crippen molar-refractivity contribution in [2.75, 3.05) is 20.3 Å². The zero-order valence-corrected chi connectivity index (χ0v) is 25.7. The van der Waals surface area contributed by atoms with Crippen molar-refractivity contribution in [1.82, 2.24) is 0 Å². The van der Waals surface area contributed by atoms with E-state index in [4.69, 9.17) is 19.3 Å². The summed E-state index contributed by atoms with van der Waals surface area (Å²) in [5.74, 6) is 0.808. The second kappa shape index (κ2) is 22.7. The molecular formula is C16H25O4W4-. The van der Waals surface area contributed by atoms with E-state index in [1.54, 1.807) is 7.11 Å². The summed E-state index contributed by atoms with van der Waals surface area (Å²) in [7, 11) is 1.69. The predicted molar refractivity (Wildman–Crippen MR) is 78.4 cm³/mol. The molecule has 0 radical (unpaired) electrons. The standard InChI is InChI=1S/C12H18O3.C4H7O.4W/c1-3-11(14-2)9-15-12-6-4-10(8-13)5-7-12;1-2-4-5-3-1;;;;/h4-7,11,13H,3,8-9H2,1-2H3;3H,1-2,4H2;;;;/q;-1;;;;. The first-order valence-electron chi connectivity index (χ1n) is 7.08. The summed E-state index contributed by atoms with van der Waals surface area (Å²) in [6.07, 6.45) is 3.45. The largest absolute Gasteiger partial charge is 0.552 e. The Hall–Kier alpha value is 1.65. The summed E-state index contributed by atoms with van der Waals surface area (Å²) >= 11 is 0. The Labute approximate surface area is 203 Å². The Kier molecular flexibility index (Phi) is 31.4. The molecule has 0 bridgehead atoms. The Balaban J connectivity index is -0.000000193. The molecule has 1 atom stereocenters. The topological polar surface area (TPSA) is 47.9 Å². The molecule has 0 aromatic heterocycles. The molecule has 1 fully saturated rings. The van der Waals surface area contributed by atoms with Crippen LogP contribution in [0.25, 0.3) is 0 Å². The quantitative estimate of drug-likeness (QED) is 0.447. The third kappa shape index (κ3) is 15.9. The average molecular weight is 1020 g/mol. The first kappa shape index (κ1) is 33.3. The van der Waals surface area contributed by atoms with E-state index in [0.717, 1.165) is 30.8 Å². The third-order valence-corrected chi connectivity index (χ3v) is 3.03. The average Bonchev–Trinajstić information content (AvgIpc) is 3.08. The van der Waals surface area contributed by atoms with Crippen molar-refractivity contribution in [1.29, 1.82) is 0 Å². The molecule has 0 saturated carbocycles. The number of benzene rings is 1. The number of ether oxygens (including phenoxy) is 3. The maximum atomic E-state index is 8.86. The van der Waals surface area contributed by atoms with Crippen molar-refractivity contribution in [3.8, 4) is 5.75 Å². The van der Waals surface area contributed by atoms with E-state index in [2.05, 4.69) is 6.92 Å². The molecule has 4 nitrogen and oxygen atoms in total. The SMILES string of the molecule is CCC(COc1ccc(CO)cc1)OC.[CH-]1CCCO1.[W].[W].[W].[W]. The molecule has 1 heterocycles. The summed E-state index contributed by atoms with van der Waals surface area (Å²) < 4.78 is 15.6. The molecule has 0 spiro atoms. The van der Waals surface area contributed by atoms with Crippen LogP contribution in [-0.4, -0.2) is 31.5 Å². The van der Waals surface area contributed by atoms with Gasteiger partial charge in [-0.15, -0.1) is 0 Å². The molecule has 1 aliphatic heterocycles. The Morgan fingerprint density at radius 3 is 2.12 bits per heavy atom. The van der Waals surface area contributed by atoms with E-state index in [9.17, 15) is 0 Å². The molecule has 0 amide bonds. The molecule has 1 aromatic rings. The summed E-state index contributed by atoms with van der Waals surface area (Å²) in [4.78, 5) is 0. The van der Waals surface area contributed by atoms with Crippen molar-refractivity contribution >= 4 is 0 Å². The van der Waals surface area contributed by atoms with Gasteiger partial charge in [0.15, 0.2) is 0 Å². The maximum Gasteiger partial charge on any atom is 0.119 e. The molecule has 8 heteroatoms. The van der Waals surface area contributed by atoms with Crippen LogP contribution < -0.4 is 4.74 Å². The molecule has 24 heavy (non-hydrogen) atoms. The predicted octanol–water partition coefficient (Wildman–Crippen LogP) is 2.93. The summed E-state index contributed by atoms with van der Waals surface area (Å²) in [5.41, 5.74) is 0.890. The minimum atomic E-state index is 0. The van der Waals surface area contributed by atoms with Crippen LogP contribution in [0, 0.1) is 6.61 Å². The van der Waals surface area contributed by atoms with Gasteiger partial charge in [0.05, 0.1) is 12.7 Å². The molecule has 1 saturated heterocycles. The van der Waals surface area contributed by atoms with Gasteiger partial charge in [-0.25, -0.2) is 6.61 Å². The van der Waals surface area contributed by atoms with Crippen LogP contribution in [0.15, 0.2) is 24.3 Å². The number of aliphatic hydroxyl groups is 1. The maximum absolute atomic E-state index is 8.86. The molecule has 1 aromatic carbocycles. The van der Waals surface area contributed by atoms with Gasteiger partial charge in [0.1, 0.15) is 12.4 Å². The fourth-order valence-electron chi connectivity index (χ4n) is 1.65. The Morgan fingerprint density at radius 1 is 1.17 bits per heavy atom. The first-order chi connectivity index (χ1) is 9.80. The van der Waals surface area contributed by atoms with Crippen molar-refractivity contribution < 1.29 is 104 Å². The van der Waals surface area contributed by atoms with Crippen LogP contribution in [0.5, 0.6) is 5.75 Å². The first-order valence-corrected chi connectivity index (χ1v) is 7.08. The van der Waals surface area contributed by atoms with Gasteiger partial charge in [-0.2, -0.15) is 6.42 Å². The van der Waals surface area contributed by atoms with Crippen LogP contribution in [0.2, 0.25) is 0 Å². The van der Waals surface area contributed by atoms with E-state index in [-0.39, 0.29) is 97.0 Å². The molecular weight excluding hydrogens is 992 g/mol. The van der Waals surface area contributed by atoms with Crippen LogP contribution in [-0.2, 0) is 100 Å². The van der Waals surface area contributed by atoms with E-state index in [0.29, 0.717) is 6.61 Å². The van der Waals surface area contributed by atoms with Gasteiger partial charge in [-0.05, 0) is 24.1 Å². The number of hydrogen-bond donors (Lipinski definition) is 1. The van der Waals surface area contributed by atoms with Crippen LogP contribution in [0.3, 0.4) is 0 Å². The van der Waals surface area contributed by atoms with Crippen LogP contribution in [0.4, 0.5) is 0 Å². The van der Waals surface area contributed by atoms with Gasteiger partial charge in [0.25, 0.3) is 0 Å². The smallest absolute Gasteiger partial charge is 0.119 e. The minimum Gasteiger partial charge on any atom is -0.552 e. The van der Waals surface area contributed by atoms with Crippen LogP contribution >= 0.6 is 0 Å². The molecule has 0 aliphatic carbocycles. The molecule has 2 rings (SSSR count). The van der Waals surface area contributed by atoms with E-state index < -0.39 is 0 Å². The molecule has 138 valence electrons. The fraction of sp³-hybridized carbons (Fsp3) is 0.562. The molecule has 1 unspecified atom stereocenters. The van der Waals surface area contributed by atoms with E-state index >= 15 is 0 Å². The summed E-state index contributed by atoms with van der Waals surface area (Å²) in [6, 6.07) is 7.41. The third-order valence-electron chi connectivity index (χ3n) is 3.03. The van der Waals surface area contributed by atoms with E-state index in [1.165, 1.54) is 6.42 Å². The van der Waals surface area contributed by atoms with Gasteiger partial charge >= 0.3 is 0 Å². The second-order valence-electron chi connectivity index (χ2n) is 4.56. The Bertz CT molecular complexity index is 337. The normalized spacial score (nSPS) is 12.8. The van der Waals surface area contributed by atoms with Crippen LogP contribution in [0.1, 0.15) is 31.7 Å². The van der Waals surface area contributed by atoms with Gasteiger partial charge in [0.2, 0.25) is 0 Å². The monoisotopic (exact) mass is 1020 g/mol. The van der Waals surface area contributed by atoms with Crippen molar-refractivity contribution in [2.45, 2.75) is 38.9 Å². The van der Waals surface area contributed by atoms with Crippen molar-refractivity contribution in [2.24, 2.45) is 0 Å². The minimum absolute atomic E-state index is 0. The van der Waals surface area contributed by atoms with Gasteiger partial charge in [-0.1, -0.05) is 25.5 Å². The molecule has 1 N–H and O–H groups in total. The van der Waals surface area contributed by atoms with Crippen molar-refractivity contribution in [3.63, 3.8) is 0 Å². The number of rotatable bonds is 6. The summed E-state index contributed by atoms with van der Waals surface area (Å²) in [5, 5.41) is 8.86. The van der Waals surface area contributed by atoms with Crippen molar-refractivity contribution in [3.05, 3.63) is 36.4 Å². The fourth-order valence-corrected chi connectivity index (χ4v) is 1.65. The second-order valence-corrected chi connectivity index (χ2v) is 4.56. The van der Waals surface area contributed by atoms with Gasteiger partial charge in [0, 0.05) is 98.0 Å². The zero-order valence-electron chi connectivity index (χ0n) is 14.0. The zero-order chi connectivity index (χ0) is 14.6. The number of aliphatic hydroxyl groups excluding tert-OH is 1. The molecule has 1 aliphatic rings.